The van der Waals surface area contributed by atoms with Gasteiger partial charge in [-0.15, -0.1) is 0 Å². The smallest absolute Gasteiger partial charge is 0.0463 e. The molecule has 0 aromatic heterocycles. The molecule has 0 amide bonds. The number of nitrogens with one attached hydrogen (secondary N) is 1. The largest absolute Gasteiger partial charge is 0.355 e. The Morgan fingerprint density at radius 2 is 0.939 bits per heavy atom. The molecule has 6 rings (SSSR count). The molecule has 1 N–H and O–H groups in total. The van der Waals surface area contributed by atoms with Gasteiger partial charge in [0.15, 0.2) is 0 Å². The van der Waals surface area contributed by atoms with Crippen LogP contribution in [0.4, 0.5) is 11.4 Å². The fraction of sp³-hybridized carbons (Fsp3) is 0. The molecule has 0 saturated carbocycles. The molecule has 0 saturated heterocycles. The van der Waals surface area contributed by atoms with Crippen LogP contribution in [0.25, 0.3) is 43.8 Å². The van der Waals surface area contributed by atoms with E-state index in [2.05, 4.69) is 139 Å². The number of hydrogen-bond acceptors (Lipinski definition) is 1. The van der Waals surface area contributed by atoms with Crippen LogP contribution in [-0.2, 0) is 0 Å². The second-order valence-electron chi connectivity index (χ2n) is 8.38. The van der Waals surface area contributed by atoms with Gasteiger partial charge in [0, 0.05) is 16.9 Å². The number of hydrogen-bond donors (Lipinski definition) is 1. The summed E-state index contributed by atoms with van der Waals surface area (Å²) in [5.41, 5.74) is 7.09. The summed E-state index contributed by atoms with van der Waals surface area (Å²) in [5.74, 6) is 0. The van der Waals surface area contributed by atoms with Crippen molar-refractivity contribution in [3.63, 3.8) is 0 Å². The summed E-state index contributed by atoms with van der Waals surface area (Å²) >= 11 is 0. The summed E-state index contributed by atoms with van der Waals surface area (Å²) < 4.78 is 0. The SMILES string of the molecule is c1ccc(-c2ccccc2Nc2ccc3cc(-c4ccc5ccccc5c4)ccc3c2)cc1. The molecule has 0 aliphatic rings. The van der Waals surface area contributed by atoms with Gasteiger partial charge in [0.25, 0.3) is 0 Å². The van der Waals surface area contributed by atoms with E-state index >= 15 is 0 Å². The monoisotopic (exact) mass is 421 g/mol. The second kappa shape index (κ2) is 8.29. The Hall–Kier alpha value is -4.36. The minimum absolute atomic E-state index is 1.09. The lowest BCUT2D eigenvalue weighted by molar-refractivity contribution is 1.54. The van der Waals surface area contributed by atoms with Crippen LogP contribution in [0.15, 0.2) is 133 Å². The van der Waals surface area contributed by atoms with Crippen LogP contribution < -0.4 is 5.32 Å². The van der Waals surface area contributed by atoms with Gasteiger partial charge in [-0.1, -0.05) is 103 Å². The molecule has 0 fully saturated rings. The molecule has 156 valence electrons. The lowest BCUT2D eigenvalue weighted by Crippen LogP contribution is -1.93. The van der Waals surface area contributed by atoms with E-state index < -0.39 is 0 Å². The summed E-state index contributed by atoms with van der Waals surface area (Å²) in [5, 5.41) is 8.63. The zero-order chi connectivity index (χ0) is 22.0. The molecule has 1 heteroatoms. The third-order valence-electron chi connectivity index (χ3n) is 6.21. The second-order valence-corrected chi connectivity index (χ2v) is 8.38. The van der Waals surface area contributed by atoms with E-state index in [4.69, 9.17) is 0 Å². The van der Waals surface area contributed by atoms with Gasteiger partial charge >= 0.3 is 0 Å². The maximum Gasteiger partial charge on any atom is 0.0463 e. The van der Waals surface area contributed by atoms with Crippen molar-refractivity contribution < 1.29 is 0 Å². The molecule has 6 aromatic rings. The highest BCUT2D eigenvalue weighted by molar-refractivity contribution is 5.93. The molecule has 33 heavy (non-hydrogen) atoms. The molecule has 0 radical (unpaired) electrons. The fourth-order valence-corrected chi connectivity index (χ4v) is 4.49. The van der Waals surface area contributed by atoms with E-state index in [0.29, 0.717) is 0 Å². The third kappa shape index (κ3) is 3.86. The van der Waals surface area contributed by atoms with Crippen LogP contribution in [0, 0.1) is 0 Å². The van der Waals surface area contributed by atoms with E-state index in [1.807, 2.05) is 0 Å². The summed E-state index contributed by atoms with van der Waals surface area (Å²) in [4.78, 5) is 0. The van der Waals surface area contributed by atoms with Gasteiger partial charge in [-0.25, -0.2) is 0 Å². The van der Waals surface area contributed by atoms with Crippen molar-refractivity contribution in [2.75, 3.05) is 5.32 Å². The highest BCUT2D eigenvalue weighted by Gasteiger charge is 2.06. The maximum atomic E-state index is 3.63. The van der Waals surface area contributed by atoms with Crippen LogP contribution in [0.2, 0.25) is 0 Å². The number of benzene rings is 6. The molecule has 0 unspecified atom stereocenters. The van der Waals surface area contributed by atoms with Gasteiger partial charge in [-0.05, 0) is 68.6 Å². The fourth-order valence-electron chi connectivity index (χ4n) is 4.49. The van der Waals surface area contributed by atoms with Crippen molar-refractivity contribution in [1.82, 2.24) is 0 Å². The molecule has 0 aliphatic heterocycles. The molecule has 1 nitrogen and oxygen atoms in total. The lowest BCUT2D eigenvalue weighted by Gasteiger charge is -2.13. The van der Waals surface area contributed by atoms with Gasteiger partial charge in [0.05, 0.1) is 0 Å². The third-order valence-corrected chi connectivity index (χ3v) is 6.21. The quantitative estimate of drug-likeness (QED) is 0.299. The average Bonchev–Trinajstić information content (AvgIpc) is 2.89. The highest BCUT2D eigenvalue weighted by Crippen LogP contribution is 2.32. The van der Waals surface area contributed by atoms with E-state index in [0.717, 1.165) is 11.4 Å². The Bertz CT molecular complexity index is 1580. The van der Waals surface area contributed by atoms with Crippen LogP contribution in [0.3, 0.4) is 0 Å². The summed E-state index contributed by atoms with van der Waals surface area (Å²) in [7, 11) is 0. The normalized spacial score (nSPS) is 11.0. The predicted octanol–water partition coefficient (Wildman–Crippen LogP) is 9.07. The Balaban J connectivity index is 1.33. The van der Waals surface area contributed by atoms with Crippen molar-refractivity contribution in [1.29, 1.82) is 0 Å². The van der Waals surface area contributed by atoms with Crippen LogP contribution >= 0.6 is 0 Å². The molecular formula is C32H23N. The van der Waals surface area contributed by atoms with Gasteiger partial charge in [0.2, 0.25) is 0 Å². The van der Waals surface area contributed by atoms with Crippen molar-refractivity contribution in [2.24, 2.45) is 0 Å². The van der Waals surface area contributed by atoms with Crippen LogP contribution in [-0.4, -0.2) is 0 Å². The minimum Gasteiger partial charge on any atom is -0.355 e. The standard InChI is InChI=1S/C32H23N/c1-2-9-24(10-3-1)31-12-6-7-13-32(31)33-30-19-18-28-21-27(16-17-29(28)22-30)26-15-14-23-8-4-5-11-25(23)20-26/h1-22,33H. The van der Waals surface area contributed by atoms with E-state index in [9.17, 15) is 0 Å². The van der Waals surface area contributed by atoms with Gasteiger partial charge < -0.3 is 5.32 Å². The first-order valence-electron chi connectivity index (χ1n) is 11.3. The topological polar surface area (TPSA) is 12.0 Å². The zero-order valence-corrected chi connectivity index (χ0v) is 18.2. The number of para-hydroxylation sites is 1. The van der Waals surface area contributed by atoms with Crippen molar-refractivity contribution in [3.05, 3.63) is 133 Å². The molecular weight excluding hydrogens is 398 g/mol. The first kappa shape index (κ1) is 19.3. The Morgan fingerprint density at radius 3 is 1.76 bits per heavy atom. The molecule has 6 aromatic carbocycles. The van der Waals surface area contributed by atoms with Crippen LogP contribution in [0.5, 0.6) is 0 Å². The number of fused-ring (bicyclic) bond motifs is 2. The molecule has 0 heterocycles. The molecule has 0 spiro atoms. The lowest BCUT2D eigenvalue weighted by atomic mass is 9.98. The predicted molar refractivity (Wildman–Crippen MR) is 142 cm³/mol. The maximum absolute atomic E-state index is 3.63. The first-order chi connectivity index (χ1) is 16.3. The summed E-state index contributed by atoms with van der Waals surface area (Å²) in [6, 6.07) is 47.4. The Labute approximate surface area is 194 Å². The van der Waals surface area contributed by atoms with Gasteiger partial charge in [0.1, 0.15) is 0 Å². The molecule has 0 aliphatic carbocycles. The Kier molecular flexibility index (Phi) is 4.86. The molecule has 0 atom stereocenters. The van der Waals surface area contributed by atoms with Crippen LogP contribution in [0.1, 0.15) is 0 Å². The number of rotatable bonds is 4. The summed E-state index contributed by atoms with van der Waals surface area (Å²) in [6.07, 6.45) is 0. The average molecular weight is 422 g/mol. The van der Waals surface area contributed by atoms with E-state index in [-0.39, 0.29) is 0 Å². The minimum atomic E-state index is 1.09. The van der Waals surface area contributed by atoms with E-state index in [1.54, 1.807) is 0 Å². The Morgan fingerprint density at radius 1 is 0.364 bits per heavy atom. The van der Waals surface area contributed by atoms with Gasteiger partial charge in [-0.2, -0.15) is 0 Å². The van der Waals surface area contributed by atoms with Crippen molar-refractivity contribution in [3.8, 4) is 22.3 Å². The van der Waals surface area contributed by atoms with Gasteiger partial charge in [-0.3, -0.25) is 0 Å². The van der Waals surface area contributed by atoms with E-state index in [1.165, 1.54) is 43.8 Å². The zero-order valence-electron chi connectivity index (χ0n) is 18.2. The van der Waals surface area contributed by atoms with Crippen molar-refractivity contribution in [2.45, 2.75) is 0 Å². The summed E-state index contributed by atoms with van der Waals surface area (Å²) in [6.45, 7) is 0. The van der Waals surface area contributed by atoms with Crippen molar-refractivity contribution >= 4 is 32.9 Å². The first-order valence-corrected chi connectivity index (χ1v) is 11.3. The molecule has 0 bridgehead atoms. The number of anilines is 2. The highest BCUT2D eigenvalue weighted by atomic mass is 14.9.